The maximum Gasteiger partial charge on any atom is 0.119 e. The summed E-state index contributed by atoms with van der Waals surface area (Å²) >= 11 is 0. The van der Waals surface area contributed by atoms with Crippen LogP contribution in [-0.4, -0.2) is 51.1 Å². The van der Waals surface area contributed by atoms with E-state index in [9.17, 15) is 0 Å². The van der Waals surface area contributed by atoms with Gasteiger partial charge in [-0.1, -0.05) is 11.3 Å². The molecule has 0 spiro atoms. The standard InChI is InChI=1S/C22H25N5O/c1-3-15-14-26-10-7-16(15)12-21(26)22(27-11-9-24-25-27)18-6-8-23-20-5-4-17(28-2)13-19(18)20/h3-6,8-9,11,13,15-16,21-22H,1,7,10,12,14H2,2H3/t15?,16?,21?,22-/m0/s1. The topological polar surface area (TPSA) is 56.1 Å². The molecule has 0 saturated carbocycles. The van der Waals surface area contributed by atoms with Crippen molar-refractivity contribution in [2.45, 2.75) is 24.9 Å². The molecule has 2 aromatic heterocycles. The summed E-state index contributed by atoms with van der Waals surface area (Å²) in [6.45, 7) is 6.28. The van der Waals surface area contributed by atoms with Crippen molar-refractivity contribution in [3.05, 3.63) is 61.1 Å². The number of hydrogen-bond donors (Lipinski definition) is 0. The third kappa shape index (κ3) is 2.79. The normalized spacial score (nSPS) is 27.6. The van der Waals surface area contributed by atoms with Gasteiger partial charge in [-0.25, -0.2) is 4.68 Å². The number of aromatic nitrogens is 4. The first-order chi connectivity index (χ1) is 13.8. The summed E-state index contributed by atoms with van der Waals surface area (Å²) in [6, 6.07) is 8.68. The first kappa shape index (κ1) is 17.4. The summed E-state index contributed by atoms with van der Waals surface area (Å²) in [5, 5.41) is 9.63. The first-order valence-corrected chi connectivity index (χ1v) is 9.93. The number of rotatable bonds is 5. The van der Waals surface area contributed by atoms with Gasteiger partial charge < -0.3 is 4.74 Å². The van der Waals surface area contributed by atoms with Crippen molar-refractivity contribution in [3.8, 4) is 5.75 Å². The molecule has 6 nitrogen and oxygen atoms in total. The highest BCUT2D eigenvalue weighted by molar-refractivity contribution is 5.84. The SMILES string of the molecule is C=CC1CN2CCC1CC2[C@H](c1ccnc2ccc(OC)cc12)n1ccnn1. The predicted octanol–water partition coefficient (Wildman–Crippen LogP) is 3.32. The monoisotopic (exact) mass is 375 g/mol. The number of hydrogen-bond acceptors (Lipinski definition) is 5. The van der Waals surface area contributed by atoms with Gasteiger partial charge in [-0.2, -0.15) is 0 Å². The second-order valence-electron chi connectivity index (χ2n) is 7.86. The number of methoxy groups -OCH3 is 1. The second-order valence-corrected chi connectivity index (χ2v) is 7.86. The van der Waals surface area contributed by atoms with Crippen molar-refractivity contribution in [1.82, 2.24) is 24.9 Å². The summed E-state index contributed by atoms with van der Waals surface area (Å²) in [6.07, 6.45) is 10.2. The predicted molar refractivity (Wildman–Crippen MR) is 108 cm³/mol. The molecule has 4 unspecified atom stereocenters. The number of piperidine rings is 3. The highest BCUT2D eigenvalue weighted by atomic mass is 16.5. The van der Waals surface area contributed by atoms with Crippen LogP contribution >= 0.6 is 0 Å². The van der Waals surface area contributed by atoms with Gasteiger partial charge in [0.1, 0.15) is 5.75 Å². The largest absolute Gasteiger partial charge is 0.497 e. The number of nitrogens with zero attached hydrogens (tertiary/aromatic N) is 5. The molecule has 6 rings (SSSR count). The van der Waals surface area contributed by atoms with E-state index in [1.54, 1.807) is 13.3 Å². The number of fused-ring (bicyclic) bond motifs is 4. The smallest absolute Gasteiger partial charge is 0.119 e. The lowest BCUT2D eigenvalue weighted by Crippen LogP contribution is -2.56. The molecule has 0 amide bonds. The summed E-state index contributed by atoms with van der Waals surface area (Å²) in [5.41, 5.74) is 2.20. The van der Waals surface area contributed by atoms with Crippen molar-refractivity contribution >= 4 is 10.9 Å². The van der Waals surface area contributed by atoms with Crippen molar-refractivity contribution < 1.29 is 4.74 Å². The zero-order chi connectivity index (χ0) is 19.1. The molecule has 3 aliphatic heterocycles. The second kappa shape index (κ2) is 7.02. The third-order valence-electron chi connectivity index (χ3n) is 6.55. The molecule has 1 aromatic carbocycles. The van der Waals surface area contributed by atoms with Gasteiger partial charge in [0, 0.05) is 30.4 Å². The van der Waals surface area contributed by atoms with Crippen LogP contribution in [0.3, 0.4) is 0 Å². The van der Waals surface area contributed by atoms with Gasteiger partial charge in [0.15, 0.2) is 0 Å². The van der Waals surface area contributed by atoms with E-state index in [2.05, 4.69) is 45.0 Å². The zero-order valence-electron chi connectivity index (χ0n) is 16.1. The Kier molecular flexibility index (Phi) is 4.36. The zero-order valence-corrected chi connectivity index (χ0v) is 16.1. The molecule has 2 bridgehead atoms. The molecule has 3 aliphatic rings. The summed E-state index contributed by atoms with van der Waals surface area (Å²) < 4.78 is 7.50. The Morgan fingerprint density at radius 3 is 2.93 bits per heavy atom. The number of benzene rings is 1. The Balaban J connectivity index is 1.64. The number of ether oxygens (including phenoxy) is 1. The Morgan fingerprint density at radius 1 is 1.29 bits per heavy atom. The Hall–Kier alpha value is -2.73. The lowest BCUT2D eigenvalue weighted by atomic mass is 9.73. The molecule has 28 heavy (non-hydrogen) atoms. The van der Waals surface area contributed by atoms with E-state index in [1.807, 2.05) is 29.2 Å². The van der Waals surface area contributed by atoms with Crippen LogP contribution < -0.4 is 4.74 Å². The maximum atomic E-state index is 5.49. The molecule has 0 N–H and O–H groups in total. The van der Waals surface area contributed by atoms with Crippen LogP contribution in [0.5, 0.6) is 5.75 Å². The van der Waals surface area contributed by atoms with Gasteiger partial charge in [-0.15, -0.1) is 11.7 Å². The molecule has 0 radical (unpaired) electrons. The van der Waals surface area contributed by atoms with Crippen LogP contribution in [0.25, 0.3) is 10.9 Å². The Morgan fingerprint density at radius 2 is 2.21 bits per heavy atom. The van der Waals surface area contributed by atoms with Gasteiger partial charge in [-0.3, -0.25) is 9.88 Å². The van der Waals surface area contributed by atoms with E-state index in [4.69, 9.17) is 4.74 Å². The number of pyridine rings is 1. The fraction of sp³-hybridized carbons (Fsp3) is 0.409. The summed E-state index contributed by atoms with van der Waals surface area (Å²) in [7, 11) is 1.70. The highest BCUT2D eigenvalue weighted by Gasteiger charge is 2.43. The molecule has 5 heterocycles. The minimum atomic E-state index is 0.0914. The van der Waals surface area contributed by atoms with E-state index >= 15 is 0 Å². The van der Waals surface area contributed by atoms with Gasteiger partial charge >= 0.3 is 0 Å². The van der Waals surface area contributed by atoms with E-state index in [-0.39, 0.29) is 6.04 Å². The first-order valence-electron chi connectivity index (χ1n) is 9.93. The minimum absolute atomic E-state index is 0.0914. The van der Waals surface area contributed by atoms with Crippen molar-refractivity contribution in [3.63, 3.8) is 0 Å². The van der Waals surface area contributed by atoms with Gasteiger partial charge in [-0.05, 0) is 61.1 Å². The molecule has 0 aliphatic carbocycles. The highest BCUT2D eigenvalue weighted by Crippen LogP contribution is 2.43. The molecule has 3 saturated heterocycles. The lowest BCUT2D eigenvalue weighted by molar-refractivity contribution is -0.000125. The van der Waals surface area contributed by atoms with Gasteiger partial charge in [0.25, 0.3) is 0 Å². The molecule has 6 heteroatoms. The Labute approximate surface area is 164 Å². The average molecular weight is 375 g/mol. The average Bonchev–Trinajstić information content (AvgIpc) is 3.28. The summed E-state index contributed by atoms with van der Waals surface area (Å²) in [4.78, 5) is 7.19. The van der Waals surface area contributed by atoms with Gasteiger partial charge in [0.2, 0.25) is 0 Å². The minimum Gasteiger partial charge on any atom is -0.497 e. The fourth-order valence-electron chi connectivity index (χ4n) is 5.13. The molecule has 5 atom stereocenters. The van der Waals surface area contributed by atoms with Crippen molar-refractivity contribution in [1.29, 1.82) is 0 Å². The molecule has 144 valence electrons. The van der Waals surface area contributed by atoms with Crippen LogP contribution in [0.4, 0.5) is 0 Å². The van der Waals surface area contributed by atoms with Crippen LogP contribution in [0, 0.1) is 11.8 Å². The van der Waals surface area contributed by atoms with Crippen LogP contribution in [0.15, 0.2) is 55.5 Å². The van der Waals surface area contributed by atoms with E-state index in [1.165, 1.54) is 12.0 Å². The van der Waals surface area contributed by atoms with E-state index in [0.29, 0.717) is 17.9 Å². The lowest BCUT2D eigenvalue weighted by Gasteiger charge is -2.51. The third-order valence-corrected chi connectivity index (χ3v) is 6.55. The van der Waals surface area contributed by atoms with Gasteiger partial charge in [0.05, 0.1) is 24.9 Å². The Bertz CT molecular complexity index is 986. The quantitative estimate of drug-likeness (QED) is 0.641. The molecular weight excluding hydrogens is 350 g/mol. The van der Waals surface area contributed by atoms with Crippen LogP contribution in [0.2, 0.25) is 0 Å². The summed E-state index contributed by atoms with van der Waals surface area (Å²) in [5.74, 6) is 2.13. The fourth-order valence-corrected chi connectivity index (χ4v) is 5.13. The molecular formula is C22H25N5O. The van der Waals surface area contributed by atoms with Crippen LogP contribution in [-0.2, 0) is 0 Å². The van der Waals surface area contributed by atoms with E-state index < -0.39 is 0 Å². The maximum absolute atomic E-state index is 5.49. The molecule has 3 fully saturated rings. The molecule has 3 aromatic rings. The van der Waals surface area contributed by atoms with Crippen LogP contribution in [0.1, 0.15) is 24.4 Å². The van der Waals surface area contributed by atoms with Crippen molar-refractivity contribution in [2.75, 3.05) is 20.2 Å². The van der Waals surface area contributed by atoms with E-state index in [0.717, 1.165) is 36.2 Å². The van der Waals surface area contributed by atoms with Crippen molar-refractivity contribution in [2.24, 2.45) is 11.8 Å².